The first-order valence-corrected chi connectivity index (χ1v) is 10.6. The van der Waals surface area contributed by atoms with Crippen molar-refractivity contribution in [3.05, 3.63) is 78.1 Å². The highest BCUT2D eigenvalue weighted by Crippen LogP contribution is 2.40. The fourth-order valence-corrected chi connectivity index (χ4v) is 4.42. The highest BCUT2D eigenvalue weighted by Gasteiger charge is 2.41. The number of pyridine rings is 2. The third-order valence-electron chi connectivity index (χ3n) is 5.52. The predicted octanol–water partition coefficient (Wildman–Crippen LogP) is 3.50. The second kappa shape index (κ2) is 9.26. The molecule has 2 atom stereocenters. The van der Waals surface area contributed by atoms with E-state index in [-0.39, 0.29) is 18.1 Å². The van der Waals surface area contributed by atoms with Gasteiger partial charge in [-0.25, -0.2) is 0 Å². The molecule has 0 aliphatic carbocycles. The molecule has 31 heavy (non-hydrogen) atoms. The lowest BCUT2D eigenvalue weighted by molar-refractivity contribution is -0.140. The molecular formula is C23H25N5O2S. The zero-order chi connectivity index (χ0) is 21.8. The van der Waals surface area contributed by atoms with Crippen LogP contribution in [0.1, 0.15) is 42.0 Å². The number of thiocarbonyl (C=S) groups is 1. The second-order valence-electron chi connectivity index (χ2n) is 7.45. The van der Waals surface area contributed by atoms with Crippen molar-refractivity contribution in [3.63, 3.8) is 0 Å². The summed E-state index contributed by atoms with van der Waals surface area (Å²) in [6.07, 6.45) is 6.41. The van der Waals surface area contributed by atoms with Gasteiger partial charge in [0, 0.05) is 36.7 Å². The van der Waals surface area contributed by atoms with Crippen LogP contribution in [0.5, 0.6) is 0 Å². The van der Waals surface area contributed by atoms with Crippen LogP contribution in [0.2, 0.25) is 0 Å². The summed E-state index contributed by atoms with van der Waals surface area (Å²) in [7, 11) is 1.41. The molecule has 4 heterocycles. The molecule has 3 aromatic heterocycles. The molecule has 0 aromatic carbocycles. The number of aryl methyl sites for hydroxylation is 1. The first kappa shape index (κ1) is 21.0. The van der Waals surface area contributed by atoms with Crippen LogP contribution in [0.4, 0.5) is 0 Å². The number of methoxy groups -OCH3 is 1. The summed E-state index contributed by atoms with van der Waals surface area (Å²) in [5, 5.41) is 4.11. The second-order valence-corrected chi connectivity index (χ2v) is 7.83. The molecule has 1 fully saturated rings. The van der Waals surface area contributed by atoms with E-state index in [1.54, 1.807) is 12.4 Å². The Morgan fingerprint density at radius 1 is 1.19 bits per heavy atom. The van der Waals surface area contributed by atoms with E-state index in [0.29, 0.717) is 24.5 Å². The molecule has 0 unspecified atom stereocenters. The van der Waals surface area contributed by atoms with Crippen molar-refractivity contribution in [1.29, 1.82) is 0 Å². The van der Waals surface area contributed by atoms with E-state index in [9.17, 15) is 4.79 Å². The minimum Gasteiger partial charge on any atom is -0.469 e. The molecule has 0 spiro atoms. The zero-order valence-electron chi connectivity index (χ0n) is 17.6. The fourth-order valence-electron chi connectivity index (χ4n) is 4.09. The van der Waals surface area contributed by atoms with Gasteiger partial charge in [0.25, 0.3) is 0 Å². The number of carbonyl (C=O) groups is 1. The van der Waals surface area contributed by atoms with Gasteiger partial charge in [-0.15, -0.1) is 0 Å². The average Bonchev–Trinajstić information content (AvgIpc) is 3.34. The van der Waals surface area contributed by atoms with Crippen LogP contribution in [0.15, 0.2) is 61.1 Å². The quantitative estimate of drug-likeness (QED) is 0.450. The van der Waals surface area contributed by atoms with E-state index in [2.05, 4.69) is 43.8 Å². The minimum absolute atomic E-state index is 0.0889. The summed E-state index contributed by atoms with van der Waals surface area (Å²) in [6.45, 7) is 2.71. The van der Waals surface area contributed by atoms with Gasteiger partial charge in [0.15, 0.2) is 5.11 Å². The Hall–Kier alpha value is -3.26. The SMILES string of the molecule is COC(=O)CCCN1C(=S)N[C@H](c2ccccn2)[C@@H]1c1ccc(C)n1-c1cccnc1. The number of hydrogen-bond acceptors (Lipinski definition) is 5. The van der Waals surface area contributed by atoms with Gasteiger partial charge in [-0.1, -0.05) is 6.07 Å². The third-order valence-corrected chi connectivity index (χ3v) is 5.87. The Bertz CT molecular complexity index is 1050. The molecule has 8 heteroatoms. The Balaban J connectivity index is 1.74. The number of rotatable bonds is 7. The molecule has 4 rings (SSSR count). The van der Waals surface area contributed by atoms with Crippen LogP contribution in [0, 0.1) is 6.92 Å². The lowest BCUT2D eigenvalue weighted by atomic mass is 10.0. The smallest absolute Gasteiger partial charge is 0.305 e. The summed E-state index contributed by atoms with van der Waals surface area (Å²) in [5.41, 5.74) is 4.11. The molecule has 1 aliphatic heterocycles. The lowest BCUT2D eigenvalue weighted by Crippen LogP contribution is -2.31. The van der Waals surface area contributed by atoms with Gasteiger partial charge in [-0.05, 0) is 62.0 Å². The molecule has 3 aromatic rings. The van der Waals surface area contributed by atoms with Crippen LogP contribution in [0.25, 0.3) is 5.69 Å². The number of nitrogens with zero attached hydrogens (tertiary/aromatic N) is 4. The van der Waals surface area contributed by atoms with Gasteiger partial charge in [-0.2, -0.15) is 0 Å². The Labute approximate surface area is 187 Å². The van der Waals surface area contributed by atoms with Crippen molar-refractivity contribution >= 4 is 23.3 Å². The van der Waals surface area contributed by atoms with Crippen molar-refractivity contribution in [2.24, 2.45) is 0 Å². The molecule has 0 amide bonds. The molecule has 0 radical (unpaired) electrons. The summed E-state index contributed by atoms with van der Waals surface area (Å²) in [5.74, 6) is -0.217. The van der Waals surface area contributed by atoms with Gasteiger partial charge in [0.2, 0.25) is 0 Å². The number of hydrogen-bond donors (Lipinski definition) is 1. The van der Waals surface area contributed by atoms with Gasteiger partial charge in [-0.3, -0.25) is 14.8 Å². The van der Waals surface area contributed by atoms with Crippen LogP contribution >= 0.6 is 12.2 Å². The molecule has 160 valence electrons. The van der Waals surface area contributed by atoms with Crippen molar-refractivity contribution in [2.75, 3.05) is 13.7 Å². The normalized spacial score (nSPS) is 18.1. The van der Waals surface area contributed by atoms with E-state index in [4.69, 9.17) is 17.0 Å². The number of carbonyl (C=O) groups excluding carboxylic acids is 1. The van der Waals surface area contributed by atoms with Crippen LogP contribution in [-0.2, 0) is 9.53 Å². The standard InChI is InChI=1S/C23H25N5O2S/c1-16-10-11-19(28(16)17-7-5-12-24-15-17)22-21(18-8-3-4-13-25-18)26-23(31)27(22)14-6-9-20(29)30-2/h3-5,7-8,10-13,15,21-22H,6,9,14H2,1-2H3,(H,26,31)/t21-,22+/m1/s1. The number of nitrogens with one attached hydrogen (secondary N) is 1. The lowest BCUT2D eigenvalue weighted by Gasteiger charge is -2.29. The van der Waals surface area contributed by atoms with Gasteiger partial charge < -0.3 is 19.5 Å². The van der Waals surface area contributed by atoms with E-state index in [1.807, 2.05) is 36.5 Å². The molecule has 1 aliphatic rings. The highest BCUT2D eigenvalue weighted by atomic mass is 32.1. The molecule has 7 nitrogen and oxygen atoms in total. The summed E-state index contributed by atoms with van der Waals surface area (Å²) >= 11 is 5.72. The van der Waals surface area contributed by atoms with E-state index in [0.717, 1.165) is 22.8 Å². The van der Waals surface area contributed by atoms with Crippen molar-refractivity contribution in [1.82, 2.24) is 24.8 Å². The number of ether oxygens (including phenoxy) is 1. The first-order valence-electron chi connectivity index (χ1n) is 10.2. The van der Waals surface area contributed by atoms with E-state index in [1.165, 1.54) is 7.11 Å². The number of esters is 1. The van der Waals surface area contributed by atoms with Crippen LogP contribution in [-0.4, -0.2) is 44.2 Å². The Morgan fingerprint density at radius 3 is 2.77 bits per heavy atom. The molecule has 0 saturated carbocycles. The third kappa shape index (κ3) is 4.29. The van der Waals surface area contributed by atoms with E-state index < -0.39 is 0 Å². The summed E-state index contributed by atoms with van der Waals surface area (Å²) < 4.78 is 7.00. The summed E-state index contributed by atoms with van der Waals surface area (Å²) in [4.78, 5) is 22.7. The Morgan fingerprint density at radius 2 is 2.06 bits per heavy atom. The summed E-state index contributed by atoms with van der Waals surface area (Å²) in [6, 6.07) is 13.9. The fraction of sp³-hybridized carbons (Fsp3) is 0.304. The molecular weight excluding hydrogens is 410 g/mol. The average molecular weight is 436 g/mol. The van der Waals surface area contributed by atoms with Crippen molar-refractivity contribution in [2.45, 2.75) is 31.8 Å². The largest absolute Gasteiger partial charge is 0.469 e. The van der Waals surface area contributed by atoms with Gasteiger partial charge >= 0.3 is 5.97 Å². The minimum atomic E-state index is -0.217. The molecule has 1 N–H and O–H groups in total. The van der Waals surface area contributed by atoms with Gasteiger partial charge in [0.05, 0.1) is 36.8 Å². The van der Waals surface area contributed by atoms with Crippen molar-refractivity contribution < 1.29 is 9.53 Å². The van der Waals surface area contributed by atoms with Crippen LogP contribution < -0.4 is 5.32 Å². The topological polar surface area (TPSA) is 72.3 Å². The monoisotopic (exact) mass is 435 g/mol. The predicted molar refractivity (Wildman–Crippen MR) is 122 cm³/mol. The van der Waals surface area contributed by atoms with Crippen molar-refractivity contribution in [3.8, 4) is 5.69 Å². The van der Waals surface area contributed by atoms with Crippen LogP contribution in [0.3, 0.4) is 0 Å². The zero-order valence-corrected chi connectivity index (χ0v) is 18.4. The van der Waals surface area contributed by atoms with E-state index >= 15 is 0 Å². The highest BCUT2D eigenvalue weighted by molar-refractivity contribution is 7.80. The number of aromatic nitrogens is 3. The maximum absolute atomic E-state index is 11.6. The molecule has 1 saturated heterocycles. The molecule has 0 bridgehead atoms. The maximum atomic E-state index is 11.6. The maximum Gasteiger partial charge on any atom is 0.305 e. The van der Waals surface area contributed by atoms with Gasteiger partial charge in [0.1, 0.15) is 0 Å². The Kier molecular flexibility index (Phi) is 6.27. The first-order chi connectivity index (χ1) is 15.1.